The first-order valence-corrected chi connectivity index (χ1v) is 10.8. The third-order valence-electron chi connectivity index (χ3n) is 5.81. The number of rotatable bonds is 6. The fourth-order valence-electron chi connectivity index (χ4n) is 4.48. The summed E-state index contributed by atoms with van der Waals surface area (Å²) in [5, 5.41) is 2.84. The average molecular weight is 421 g/mol. The summed E-state index contributed by atoms with van der Waals surface area (Å²) in [4.78, 5) is 41.5. The molecule has 0 spiro atoms. The van der Waals surface area contributed by atoms with Crippen molar-refractivity contribution in [2.24, 2.45) is 0 Å². The molecule has 0 radical (unpaired) electrons. The zero-order valence-electron chi connectivity index (χ0n) is 16.2. The SMILES string of the molecule is COCC(=O)NC1CCN2C(=O)C3C(SCc4ccc(F)cc4)CCN3C(=O)C12. The second-order valence-corrected chi connectivity index (χ2v) is 8.84. The van der Waals surface area contributed by atoms with Crippen molar-refractivity contribution in [3.63, 3.8) is 0 Å². The number of hydrogen-bond donors (Lipinski definition) is 1. The van der Waals surface area contributed by atoms with Gasteiger partial charge in [-0.2, -0.15) is 11.8 Å². The van der Waals surface area contributed by atoms with E-state index in [1.807, 2.05) is 0 Å². The molecule has 4 rings (SSSR count). The number of ether oxygens (including phenoxy) is 1. The van der Waals surface area contributed by atoms with Gasteiger partial charge in [0.1, 0.15) is 24.5 Å². The lowest BCUT2D eigenvalue weighted by molar-refractivity contribution is -0.157. The predicted octanol–water partition coefficient (Wildman–Crippen LogP) is 0.774. The first-order chi connectivity index (χ1) is 14.0. The van der Waals surface area contributed by atoms with Crippen LogP contribution in [0.15, 0.2) is 24.3 Å². The maximum atomic E-state index is 13.2. The number of hydrogen-bond acceptors (Lipinski definition) is 5. The Morgan fingerprint density at radius 2 is 1.79 bits per heavy atom. The topological polar surface area (TPSA) is 79.0 Å². The number of nitrogens with zero attached hydrogens (tertiary/aromatic N) is 2. The van der Waals surface area contributed by atoms with Gasteiger partial charge in [-0.05, 0) is 30.5 Å². The molecule has 3 heterocycles. The van der Waals surface area contributed by atoms with Crippen LogP contribution in [-0.2, 0) is 24.9 Å². The summed E-state index contributed by atoms with van der Waals surface area (Å²) in [5.41, 5.74) is 0.990. The molecular formula is C20H24FN3O4S. The minimum Gasteiger partial charge on any atom is -0.375 e. The van der Waals surface area contributed by atoms with Gasteiger partial charge in [0.2, 0.25) is 17.7 Å². The van der Waals surface area contributed by atoms with E-state index in [1.165, 1.54) is 19.2 Å². The molecule has 0 saturated carbocycles. The normalized spacial score (nSPS) is 28.5. The summed E-state index contributed by atoms with van der Waals surface area (Å²) in [5.74, 6) is -0.00979. The number of carbonyl (C=O) groups is 3. The van der Waals surface area contributed by atoms with E-state index in [0.717, 1.165) is 12.0 Å². The van der Waals surface area contributed by atoms with Gasteiger partial charge in [0.05, 0.1) is 6.04 Å². The van der Waals surface area contributed by atoms with E-state index in [2.05, 4.69) is 5.32 Å². The van der Waals surface area contributed by atoms with Crippen molar-refractivity contribution >= 4 is 29.5 Å². The largest absolute Gasteiger partial charge is 0.375 e. The molecule has 3 saturated heterocycles. The fourth-order valence-corrected chi connectivity index (χ4v) is 5.79. The number of nitrogens with one attached hydrogen (secondary N) is 1. The Morgan fingerprint density at radius 1 is 1.14 bits per heavy atom. The van der Waals surface area contributed by atoms with Gasteiger partial charge in [-0.1, -0.05) is 12.1 Å². The Labute approximate surface area is 172 Å². The van der Waals surface area contributed by atoms with E-state index >= 15 is 0 Å². The summed E-state index contributed by atoms with van der Waals surface area (Å²) in [6.45, 7) is 0.937. The number of methoxy groups -OCH3 is 1. The summed E-state index contributed by atoms with van der Waals surface area (Å²) >= 11 is 1.64. The molecule has 0 aromatic heterocycles. The highest BCUT2D eigenvalue weighted by Gasteiger charge is 2.56. The third kappa shape index (κ3) is 3.85. The second-order valence-electron chi connectivity index (χ2n) is 7.61. The maximum Gasteiger partial charge on any atom is 0.248 e. The molecule has 1 aromatic rings. The molecule has 4 atom stereocenters. The average Bonchev–Trinajstić information content (AvgIpc) is 3.31. The molecule has 156 valence electrons. The van der Waals surface area contributed by atoms with Gasteiger partial charge in [-0.25, -0.2) is 4.39 Å². The molecule has 4 unspecified atom stereocenters. The number of halogens is 1. The molecule has 9 heteroatoms. The molecule has 0 aliphatic carbocycles. The molecule has 1 aromatic carbocycles. The van der Waals surface area contributed by atoms with E-state index in [0.29, 0.717) is 25.3 Å². The zero-order chi connectivity index (χ0) is 20.5. The predicted molar refractivity (Wildman–Crippen MR) is 106 cm³/mol. The summed E-state index contributed by atoms with van der Waals surface area (Å²) < 4.78 is 17.9. The Morgan fingerprint density at radius 3 is 2.52 bits per heavy atom. The molecule has 1 N–H and O–H groups in total. The van der Waals surface area contributed by atoms with Gasteiger partial charge in [-0.15, -0.1) is 0 Å². The zero-order valence-corrected chi connectivity index (χ0v) is 17.0. The molecule has 7 nitrogen and oxygen atoms in total. The number of fused-ring (bicyclic) bond motifs is 2. The van der Waals surface area contributed by atoms with Crippen molar-refractivity contribution in [1.29, 1.82) is 0 Å². The van der Waals surface area contributed by atoms with Crippen molar-refractivity contribution in [3.8, 4) is 0 Å². The number of amides is 3. The van der Waals surface area contributed by atoms with Crippen LogP contribution in [0, 0.1) is 5.82 Å². The van der Waals surface area contributed by atoms with Crippen LogP contribution in [0.4, 0.5) is 4.39 Å². The molecule has 3 fully saturated rings. The monoisotopic (exact) mass is 421 g/mol. The van der Waals surface area contributed by atoms with Gasteiger partial charge < -0.3 is 19.9 Å². The van der Waals surface area contributed by atoms with E-state index in [9.17, 15) is 18.8 Å². The van der Waals surface area contributed by atoms with Crippen LogP contribution < -0.4 is 5.32 Å². The van der Waals surface area contributed by atoms with Crippen LogP contribution in [0.1, 0.15) is 18.4 Å². The van der Waals surface area contributed by atoms with Crippen LogP contribution >= 0.6 is 11.8 Å². The highest BCUT2D eigenvalue weighted by molar-refractivity contribution is 7.99. The summed E-state index contributed by atoms with van der Waals surface area (Å²) in [7, 11) is 1.44. The standard InChI is InChI=1S/C20H24FN3O4S/c1-28-10-16(25)22-14-6-8-23-17(14)19(26)24-9-7-15(18(24)20(23)27)29-11-12-2-4-13(21)5-3-12/h2-5,14-15,17-18H,6-11H2,1H3,(H,22,25). The molecule has 0 bridgehead atoms. The van der Waals surface area contributed by atoms with E-state index in [1.54, 1.807) is 33.7 Å². The van der Waals surface area contributed by atoms with Crippen molar-refractivity contribution in [2.45, 2.75) is 42.0 Å². The van der Waals surface area contributed by atoms with Crippen LogP contribution in [0.2, 0.25) is 0 Å². The second kappa shape index (κ2) is 8.31. The first kappa shape index (κ1) is 20.2. The van der Waals surface area contributed by atoms with Gasteiger partial charge >= 0.3 is 0 Å². The summed E-state index contributed by atoms with van der Waals surface area (Å²) in [6, 6.07) is 4.89. The van der Waals surface area contributed by atoms with E-state index in [-0.39, 0.29) is 41.4 Å². The minimum atomic E-state index is -0.625. The van der Waals surface area contributed by atoms with Crippen LogP contribution in [0.25, 0.3) is 0 Å². The minimum absolute atomic E-state index is 0.0135. The number of thioether (sulfide) groups is 1. The van der Waals surface area contributed by atoms with Crippen LogP contribution in [-0.4, -0.2) is 77.7 Å². The van der Waals surface area contributed by atoms with Crippen molar-refractivity contribution in [1.82, 2.24) is 15.1 Å². The van der Waals surface area contributed by atoms with Crippen LogP contribution in [0.3, 0.4) is 0 Å². The Bertz CT molecular complexity index is 805. The first-order valence-electron chi connectivity index (χ1n) is 9.75. The highest BCUT2D eigenvalue weighted by Crippen LogP contribution is 2.38. The van der Waals surface area contributed by atoms with Crippen LogP contribution in [0.5, 0.6) is 0 Å². The Kier molecular flexibility index (Phi) is 5.78. The number of benzene rings is 1. The van der Waals surface area contributed by atoms with E-state index < -0.39 is 12.1 Å². The summed E-state index contributed by atoms with van der Waals surface area (Å²) in [6.07, 6.45) is 1.31. The molecule has 29 heavy (non-hydrogen) atoms. The van der Waals surface area contributed by atoms with E-state index in [4.69, 9.17) is 4.74 Å². The molecule has 3 aliphatic rings. The maximum absolute atomic E-state index is 13.2. The van der Waals surface area contributed by atoms with Gasteiger partial charge in [0, 0.05) is 31.2 Å². The molecule has 3 amide bonds. The van der Waals surface area contributed by atoms with Crippen molar-refractivity contribution < 1.29 is 23.5 Å². The van der Waals surface area contributed by atoms with Gasteiger partial charge in [0.15, 0.2) is 0 Å². The lowest BCUT2D eigenvalue weighted by Crippen LogP contribution is -2.66. The van der Waals surface area contributed by atoms with Gasteiger partial charge in [0.25, 0.3) is 0 Å². The fraction of sp³-hybridized carbons (Fsp3) is 0.550. The van der Waals surface area contributed by atoms with Crippen molar-refractivity contribution in [3.05, 3.63) is 35.6 Å². The number of carbonyl (C=O) groups excluding carboxylic acids is 3. The highest BCUT2D eigenvalue weighted by atomic mass is 32.2. The Hall–Kier alpha value is -2.13. The molecular weight excluding hydrogens is 397 g/mol. The lowest BCUT2D eigenvalue weighted by Gasteiger charge is -2.41. The van der Waals surface area contributed by atoms with Gasteiger partial charge in [-0.3, -0.25) is 14.4 Å². The Balaban J connectivity index is 1.44. The third-order valence-corrected chi connectivity index (χ3v) is 7.23. The lowest BCUT2D eigenvalue weighted by atomic mass is 10.0. The number of piperazine rings is 1. The quantitative estimate of drug-likeness (QED) is 0.734. The molecule has 3 aliphatic heterocycles. The van der Waals surface area contributed by atoms with Crippen molar-refractivity contribution in [2.75, 3.05) is 26.8 Å². The smallest absolute Gasteiger partial charge is 0.248 e.